The second kappa shape index (κ2) is 7.08. The number of fused-ring (bicyclic) bond motifs is 1. The van der Waals surface area contributed by atoms with Crippen LogP contribution in [0.4, 0.5) is 0 Å². The number of carbonyl (C=O) groups excluding carboxylic acids is 1. The average molecular weight is 470 g/mol. The van der Waals surface area contributed by atoms with E-state index in [0.29, 0.717) is 27.8 Å². The van der Waals surface area contributed by atoms with Gasteiger partial charge in [-0.2, -0.15) is 0 Å². The maximum Gasteiger partial charge on any atom is 0.173 e. The number of ether oxygens (including phenoxy) is 1. The van der Waals surface area contributed by atoms with E-state index in [1.165, 1.54) is 0 Å². The monoisotopic (exact) mass is 469 g/mol. The number of carbonyl (C=O) groups is 1. The van der Waals surface area contributed by atoms with Gasteiger partial charge in [-0.15, -0.1) is 0 Å². The molecule has 7 rings (SSSR count). The van der Waals surface area contributed by atoms with Crippen molar-refractivity contribution in [3.63, 3.8) is 0 Å². The maximum absolute atomic E-state index is 13.0. The van der Waals surface area contributed by atoms with Crippen molar-refractivity contribution in [2.45, 2.75) is 49.7 Å². The second-order valence-electron chi connectivity index (χ2n) is 9.58. The molecule has 0 spiro atoms. The summed E-state index contributed by atoms with van der Waals surface area (Å²) in [5.41, 5.74) is 2.42. The van der Waals surface area contributed by atoms with Gasteiger partial charge in [0.15, 0.2) is 11.9 Å². The van der Waals surface area contributed by atoms with E-state index in [4.69, 9.17) is 32.5 Å². The zero-order valence-corrected chi connectivity index (χ0v) is 18.7. The van der Waals surface area contributed by atoms with E-state index in [9.17, 15) is 9.90 Å². The summed E-state index contributed by atoms with van der Waals surface area (Å²) >= 11 is 12.0. The third-order valence-corrected chi connectivity index (χ3v) is 7.75. The Morgan fingerprint density at radius 1 is 1.06 bits per heavy atom. The number of Topliss-reactive ketones (excluding diaryl/α,β-unsaturated/α-hetero) is 1. The Balaban J connectivity index is 1.10. The first-order chi connectivity index (χ1) is 15.3. The summed E-state index contributed by atoms with van der Waals surface area (Å²) in [6.07, 6.45) is 2.12. The minimum atomic E-state index is -0.744. The molecule has 3 aliphatic carbocycles. The van der Waals surface area contributed by atoms with E-state index in [1.54, 1.807) is 18.2 Å². The van der Waals surface area contributed by atoms with Gasteiger partial charge in [-0.1, -0.05) is 40.5 Å². The van der Waals surface area contributed by atoms with Crippen molar-refractivity contribution in [1.82, 2.24) is 5.16 Å². The van der Waals surface area contributed by atoms with Gasteiger partial charge in [0.05, 0.1) is 6.10 Å². The van der Waals surface area contributed by atoms with Crippen molar-refractivity contribution >= 4 is 29.0 Å². The molecule has 3 aromatic rings. The van der Waals surface area contributed by atoms with Gasteiger partial charge in [0.25, 0.3) is 0 Å². The van der Waals surface area contributed by atoms with Crippen molar-refractivity contribution < 1.29 is 19.2 Å². The Hall–Kier alpha value is -2.34. The highest BCUT2D eigenvalue weighted by Gasteiger charge is 2.70. The number of aliphatic hydroxyl groups is 1. The van der Waals surface area contributed by atoms with Crippen molar-refractivity contribution in [2.75, 3.05) is 0 Å². The summed E-state index contributed by atoms with van der Waals surface area (Å²) in [7, 11) is 0. The smallest absolute Gasteiger partial charge is 0.173 e. The Labute approximate surface area is 195 Å². The summed E-state index contributed by atoms with van der Waals surface area (Å²) in [5.74, 6) is 1.49. The van der Waals surface area contributed by atoms with Gasteiger partial charge in [0, 0.05) is 45.5 Å². The van der Waals surface area contributed by atoms with Gasteiger partial charge >= 0.3 is 0 Å². The molecule has 32 heavy (non-hydrogen) atoms. The maximum atomic E-state index is 13.0. The lowest BCUT2D eigenvalue weighted by atomic mass is 9.33. The molecular formula is C25H21Cl2NO4. The van der Waals surface area contributed by atoms with Crippen molar-refractivity contribution in [2.24, 2.45) is 5.41 Å². The number of hydrogen-bond donors (Lipinski definition) is 1. The average Bonchev–Trinajstić information content (AvgIpc) is 3.20. The fraction of sp³-hybridized carbons (Fsp3) is 0.360. The van der Waals surface area contributed by atoms with Crippen LogP contribution in [0, 0.1) is 5.41 Å². The standard InChI is InChI=1S/C25H21Cl2NO4/c26-15-3-1-14(2-4-15)18-8-23(32-28-18)25-11-24(12-25,13-25)10-20(30)22-9-19(29)17-7-16(27)5-6-21(17)31-22/h1-8,19,22,29H,9-13H2/t19-,22+,24?,25?/m1/s1. The number of hydrogen-bond acceptors (Lipinski definition) is 5. The highest BCUT2D eigenvalue weighted by molar-refractivity contribution is 6.31. The largest absolute Gasteiger partial charge is 0.482 e. The Kier molecular flexibility index (Phi) is 4.49. The van der Waals surface area contributed by atoms with Gasteiger partial charge < -0.3 is 14.4 Å². The van der Waals surface area contributed by atoms with Crippen LogP contribution in [0.15, 0.2) is 53.1 Å². The van der Waals surface area contributed by atoms with Crippen LogP contribution in [0.2, 0.25) is 10.0 Å². The molecule has 3 saturated carbocycles. The molecule has 5 nitrogen and oxygen atoms in total. The normalized spacial score (nSPS) is 30.0. The fourth-order valence-electron chi connectivity index (χ4n) is 5.83. The first-order valence-corrected chi connectivity index (χ1v) is 11.5. The minimum Gasteiger partial charge on any atom is -0.482 e. The van der Waals surface area contributed by atoms with E-state index in [0.717, 1.165) is 36.3 Å². The molecule has 0 unspecified atom stereocenters. The van der Waals surface area contributed by atoms with Crippen molar-refractivity contribution in [3.8, 4) is 17.0 Å². The lowest BCUT2D eigenvalue weighted by molar-refractivity contribution is -0.170. The van der Waals surface area contributed by atoms with Crippen LogP contribution >= 0.6 is 23.2 Å². The molecule has 2 atom stereocenters. The zero-order valence-electron chi connectivity index (χ0n) is 17.2. The lowest BCUT2D eigenvalue weighted by Crippen LogP contribution is -2.65. The summed E-state index contributed by atoms with van der Waals surface area (Å²) in [6.45, 7) is 0. The van der Waals surface area contributed by atoms with Crippen LogP contribution in [0.25, 0.3) is 11.3 Å². The number of halogens is 2. The molecular weight excluding hydrogens is 449 g/mol. The van der Waals surface area contributed by atoms with Crippen LogP contribution in [-0.4, -0.2) is 22.2 Å². The molecule has 2 bridgehead atoms. The van der Waals surface area contributed by atoms with Crippen LogP contribution in [0.1, 0.15) is 49.5 Å². The predicted octanol–water partition coefficient (Wildman–Crippen LogP) is 5.91. The molecule has 1 N–H and O–H groups in total. The molecule has 2 aromatic carbocycles. The Morgan fingerprint density at radius 3 is 2.53 bits per heavy atom. The lowest BCUT2D eigenvalue weighted by Gasteiger charge is -2.69. The number of ketones is 1. The number of rotatable bonds is 5. The number of benzene rings is 2. The number of aliphatic hydroxyl groups excluding tert-OH is 1. The molecule has 0 amide bonds. The molecule has 7 heteroatoms. The highest BCUT2D eigenvalue weighted by atomic mass is 35.5. The molecule has 0 saturated heterocycles. The van der Waals surface area contributed by atoms with E-state index >= 15 is 0 Å². The van der Waals surface area contributed by atoms with Crippen molar-refractivity contribution in [1.29, 1.82) is 0 Å². The van der Waals surface area contributed by atoms with E-state index in [-0.39, 0.29) is 23.0 Å². The van der Waals surface area contributed by atoms with E-state index in [2.05, 4.69) is 5.16 Å². The molecule has 164 valence electrons. The fourth-order valence-corrected chi connectivity index (χ4v) is 6.13. The van der Waals surface area contributed by atoms with Crippen LogP contribution in [0.3, 0.4) is 0 Å². The summed E-state index contributed by atoms with van der Waals surface area (Å²) in [4.78, 5) is 13.0. The zero-order chi connectivity index (χ0) is 22.1. The Bertz CT molecular complexity index is 1200. The van der Waals surface area contributed by atoms with E-state index in [1.807, 2.05) is 30.3 Å². The third-order valence-electron chi connectivity index (χ3n) is 7.26. The van der Waals surface area contributed by atoms with Crippen LogP contribution in [0.5, 0.6) is 5.75 Å². The SMILES string of the molecule is O=C(CC12CC(c3cc(-c4ccc(Cl)cc4)no3)(C1)C2)[C@@H]1C[C@@H](O)c2cc(Cl)ccc2O1. The van der Waals surface area contributed by atoms with Gasteiger partial charge in [0.1, 0.15) is 17.2 Å². The van der Waals surface area contributed by atoms with Gasteiger partial charge in [-0.25, -0.2) is 0 Å². The summed E-state index contributed by atoms with van der Waals surface area (Å²) in [6, 6.07) is 14.7. The van der Waals surface area contributed by atoms with Gasteiger partial charge in [-0.05, 0) is 55.0 Å². The highest BCUT2D eigenvalue weighted by Crippen LogP contribution is 2.75. The Morgan fingerprint density at radius 2 is 1.78 bits per heavy atom. The minimum absolute atomic E-state index is 0.00571. The van der Waals surface area contributed by atoms with E-state index < -0.39 is 12.2 Å². The quantitative estimate of drug-likeness (QED) is 0.502. The summed E-state index contributed by atoms with van der Waals surface area (Å²) < 4.78 is 11.6. The number of nitrogens with zero attached hydrogens (tertiary/aromatic N) is 1. The first kappa shape index (κ1) is 20.3. The molecule has 3 fully saturated rings. The van der Waals surface area contributed by atoms with Crippen LogP contribution in [-0.2, 0) is 10.2 Å². The first-order valence-electron chi connectivity index (χ1n) is 10.7. The third kappa shape index (κ3) is 3.18. The molecule has 4 aliphatic rings. The second-order valence-corrected chi connectivity index (χ2v) is 10.5. The molecule has 1 aliphatic heterocycles. The van der Waals surface area contributed by atoms with Crippen molar-refractivity contribution in [3.05, 3.63) is 69.9 Å². The summed E-state index contributed by atoms with van der Waals surface area (Å²) in [5, 5.41) is 15.9. The predicted molar refractivity (Wildman–Crippen MR) is 120 cm³/mol. The molecule has 2 heterocycles. The topological polar surface area (TPSA) is 72.6 Å². The van der Waals surface area contributed by atoms with Gasteiger partial charge in [0.2, 0.25) is 0 Å². The molecule has 0 radical (unpaired) electrons. The molecule has 1 aromatic heterocycles. The van der Waals surface area contributed by atoms with Crippen LogP contribution < -0.4 is 4.74 Å². The van der Waals surface area contributed by atoms with Gasteiger partial charge in [-0.3, -0.25) is 4.79 Å². The number of aromatic nitrogens is 1.